The van der Waals surface area contributed by atoms with Gasteiger partial charge < -0.3 is 26.6 Å². The van der Waals surface area contributed by atoms with Crippen molar-refractivity contribution in [1.29, 1.82) is 0 Å². The lowest BCUT2D eigenvalue weighted by Crippen LogP contribution is -2.47. The molecule has 2 aliphatic heterocycles. The molecule has 0 saturated carbocycles. The molecule has 0 spiro atoms. The zero-order valence-electron chi connectivity index (χ0n) is 60.0. The number of carbonyl (C=O) groups is 4. The van der Waals surface area contributed by atoms with Gasteiger partial charge in [-0.15, -0.1) is 0 Å². The second-order valence-corrected chi connectivity index (χ2v) is 35.4. The Morgan fingerprint density at radius 3 is 0.656 bits per heavy atom. The second kappa shape index (κ2) is 26.9. The monoisotopic (exact) mass is 1330 g/mol. The van der Waals surface area contributed by atoms with Crippen LogP contribution in [0.1, 0.15) is 201 Å². The normalized spacial score (nSPS) is 14.3. The fraction of sp³-hybridized carbons (Fsp3) is 0.415. The van der Waals surface area contributed by atoms with Crippen LogP contribution in [-0.2, 0) is 48.2 Å². The largest absolute Gasteiger partial charge is 0.500 e. The van der Waals surface area contributed by atoms with Crippen LogP contribution in [0.5, 0.6) is 0 Å². The fourth-order valence-corrected chi connectivity index (χ4v) is 19.8. The van der Waals surface area contributed by atoms with Crippen molar-refractivity contribution in [3.8, 4) is 44.5 Å². The van der Waals surface area contributed by atoms with Crippen LogP contribution in [0.2, 0.25) is 12.1 Å². The maximum atomic E-state index is 16.2. The van der Waals surface area contributed by atoms with E-state index in [1.54, 1.807) is 0 Å². The fourth-order valence-electron chi connectivity index (χ4n) is 14.6. The van der Waals surface area contributed by atoms with E-state index in [9.17, 15) is 0 Å². The summed E-state index contributed by atoms with van der Waals surface area (Å²) < 4.78 is 37.9. The molecule has 4 amide bonds. The van der Waals surface area contributed by atoms with Crippen molar-refractivity contribution < 1.29 is 45.7 Å². The van der Waals surface area contributed by atoms with E-state index in [2.05, 4.69) is 180 Å². The first-order valence-corrected chi connectivity index (χ1v) is 38.7. The van der Waals surface area contributed by atoms with Gasteiger partial charge in [-0.05, 0) is 189 Å². The van der Waals surface area contributed by atoms with Crippen molar-refractivity contribution in [2.75, 3.05) is 52.7 Å². The quantitative estimate of drug-likeness (QED) is 0.0249. The molecule has 9 aromatic carbocycles. The zero-order chi connectivity index (χ0) is 69.2. The number of nitrogens with zero attached hydrogens (tertiary/aromatic N) is 2. The summed E-state index contributed by atoms with van der Waals surface area (Å²) in [6, 6.07) is 43.5. The highest BCUT2D eigenvalue weighted by molar-refractivity contribution is 6.61. The van der Waals surface area contributed by atoms with Crippen LogP contribution in [0, 0.1) is 0 Å². The summed E-state index contributed by atoms with van der Waals surface area (Å²) in [5, 5.41) is 5.86. The summed E-state index contributed by atoms with van der Waals surface area (Å²) in [6.45, 7) is 40.5. The molecule has 504 valence electrons. The molecule has 0 bridgehead atoms. The Bertz CT molecular complexity index is 3870. The lowest BCUT2D eigenvalue weighted by atomic mass is 9.74. The van der Waals surface area contributed by atoms with Crippen molar-refractivity contribution in [3.63, 3.8) is 0 Å². The van der Waals surface area contributed by atoms with Gasteiger partial charge in [0.2, 0.25) is 0 Å². The van der Waals surface area contributed by atoms with Gasteiger partial charge in [0.05, 0.1) is 0 Å². The number of rotatable bonds is 24. The average Bonchev–Trinajstić information content (AvgIpc) is 0.669. The number of carbonyl (C=O) groups excluding carboxylic acids is 4. The third-order valence-corrected chi connectivity index (χ3v) is 25.7. The van der Waals surface area contributed by atoms with E-state index < -0.39 is 41.2 Å². The highest BCUT2D eigenvalue weighted by Gasteiger charge is 2.45. The number of hydrogen-bond acceptors (Lipinski definition) is 10. The maximum Gasteiger partial charge on any atom is 0.500 e. The molecule has 96 heavy (non-hydrogen) atoms. The molecule has 0 radical (unpaired) electrons. The van der Waals surface area contributed by atoms with Gasteiger partial charge in [0.1, 0.15) is 0 Å². The van der Waals surface area contributed by atoms with E-state index in [0.29, 0.717) is 97.6 Å². The Morgan fingerprint density at radius 1 is 0.281 bits per heavy atom. The van der Waals surface area contributed by atoms with Gasteiger partial charge in [-0.3, -0.25) is 29.0 Å². The van der Waals surface area contributed by atoms with Crippen LogP contribution < -0.4 is 0 Å². The summed E-state index contributed by atoms with van der Waals surface area (Å²) in [5.74, 6) is -1.60. The lowest BCUT2D eigenvalue weighted by molar-refractivity contribution is 0.0573. The van der Waals surface area contributed by atoms with Crippen LogP contribution in [0.25, 0.3) is 87.6 Å². The number of hydrogen-bond donors (Lipinski definition) is 0. The van der Waals surface area contributed by atoms with Crippen molar-refractivity contribution in [3.05, 3.63) is 166 Å². The highest BCUT2D eigenvalue weighted by Crippen LogP contribution is 2.57. The van der Waals surface area contributed by atoms with Crippen molar-refractivity contribution in [1.82, 2.24) is 9.80 Å². The zero-order valence-corrected chi connectivity index (χ0v) is 62.0. The minimum Gasteiger partial charge on any atom is -0.374 e. The Balaban J connectivity index is 1.34. The van der Waals surface area contributed by atoms with Gasteiger partial charge in [-0.25, -0.2) is 0 Å². The first-order valence-electron chi connectivity index (χ1n) is 34.8. The van der Waals surface area contributed by atoms with Crippen molar-refractivity contribution in [2.45, 2.75) is 171 Å². The van der Waals surface area contributed by atoms with Crippen LogP contribution in [-0.4, -0.2) is 104 Å². The van der Waals surface area contributed by atoms with E-state index >= 15 is 19.2 Å². The molecule has 0 N–H and O–H groups in total. The molecular weight excluding hydrogens is 1230 g/mol. The van der Waals surface area contributed by atoms with Crippen LogP contribution in [0.4, 0.5) is 0 Å². The molecule has 0 aromatic heterocycles. The standard InChI is InChI=1S/C82H98N2O10Si2/c1-19-89-95(90-20-2,91-21-3)45-25-43-83-75(85)63-47-59(51-27-35-55(36-28-51)79(7,8)9)69-71-61(53-31-39-57(40-32-53)81(13,14)15)49-65-68-66(78(88)84(77(65)87)44-26-46-96(92-22-4,93-23-5)94-24-6)50-62(54-33-41-58(42-34-54)82(16,17)18)72(74(68)71)70-60(48-64(76(83)86)67(63)73(69)70)52-29-37-56(38-30-52)80(10,11)12/h27-42,47-50H,19-26,43-46H2,1-18H3. The molecule has 11 rings (SSSR count). The highest BCUT2D eigenvalue weighted by atomic mass is 28.4. The van der Waals surface area contributed by atoms with E-state index in [1.165, 1.54) is 9.80 Å². The van der Waals surface area contributed by atoms with Crippen molar-refractivity contribution >= 4 is 84.3 Å². The summed E-state index contributed by atoms with van der Waals surface area (Å²) in [5.41, 5.74) is 12.0. The molecule has 0 atom stereocenters. The first-order chi connectivity index (χ1) is 45.5. The number of amides is 4. The molecule has 14 heteroatoms. The smallest absolute Gasteiger partial charge is 0.374 e. The molecule has 12 nitrogen and oxygen atoms in total. The number of imide groups is 2. The predicted octanol–water partition coefficient (Wildman–Crippen LogP) is 19.7. The molecule has 9 aromatic rings. The van der Waals surface area contributed by atoms with Gasteiger partial charge in [-0.1, -0.05) is 180 Å². The number of benzene rings is 9. The van der Waals surface area contributed by atoms with Gasteiger partial charge in [0, 0.05) is 109 Å². The summed E-state index contributed by atoms with van der Waals surface area (Å²) in [7, 11) is -6.39. The minimum absolute atomic E-state index is 0.0971. The average molecular weight is 1330 g/mol. The van der Waals surface area contributed by atoms with Crippen LogP contribution in [0.3, 0.4) is 0 Å². The summed E-state index contributed by atoms with van der Waals surface area (Å²) in [6.07, 6.45) is 0.779. The van der Waals surface area contributed by atoms with Gasteiger partial charge in [0.15, 0.2) is 0 Å². The van der Waals surface area contributed by atoms with Crippen molar-refractivity contribution in [2.24, 2.45) is 0 Å². The van der Waals surface area contributed by atoms with Crippen LogP contribution in [0.15, 0.2) is 121 Å². The molecule has 0 fully saturated rings. The summed E-state index contributed by atoms with van der Waals surface area (Å²) in [4.78, 5) is 67.5. The third-order valence-electron chi connectivity index (χ3n) is 19.4. The van der Waals surface area contributed by atoms with E-state index in [0.717, 1.165) is 99.1 Å². The molecule has 2 heterocycles. The molecule has 0 saturated heterocycles. The minimum atomic E-state index is -3.20. The Labute approximate surface area is 571 Å². The predicted molar refractivity (Wildman–Crippen MR) is 395 cm³/mol. The summed E-state index contributed by atoms with van der Waals surface area (Å²) >= 11 is 0. The third kappa shape index (κ3) is 12.9. The molecule has 2 aliphatic rings. The maximum absolute atomic E-state index is 16.2. The van der Waals surface area contributed by atoms with Crippen LogP contribution >= 0.6 is 0 Å². The lowest BCUT2D eigenvalue weighted by Gasteiger charge is -2.34. The van der Waals surface area contributed by atoms with Gasteiger partial charge in [-0.2, -0.15) is 0 Å². The first kappa shape index (κ1) is 70.1. The van der Waals surface area contributed by atoms with E-state index in [4.69, 9.17) is 26.6 Å². The Hall–Kier alpha value is -7.25. The molecule has 0 aliphatic carbocycles. The Morgan fingerprint density at radius 2 is 0.479 bits per heavy atom. The van der Waals surface area contributed by atoms with Gasteiger partial charge in [0.25, 0.3) is 23.6 Å². The van der Waals surface area contributed by atoms with E-state index in [-0.39, 0.29) is 34.7 Å². The second-order valence-electron chi connectivity index (χ2n) is 29.9. The molecule has 0 unspecified atom stereocenters. The molecular formula is C82H98N2O10Si2. The van der Waals surface area contributed by atoms with Gasteiger partial charge >= 0.3 is 17.6 Å². The Kier molecular flexibility index (Phi) is 19.6. The van der Waals surface area contributed by atoms with E-state index in [1.807, 2.05) is 65.8 Å². The SMILES string of the molecule is CCO[Si](CCCN1C(=O)c2cc(-c3ccc(C(C)(C)C)cc3)c3c4c(-c5ccc(C(C)(C)C)cc5)cc5c6c(cc(-c7ccc(C(C)(C)C)cc7)c(c7c(-c8ccc(C(C)(C)C)cc8)cc(c2c37)C1=O)c64)C(=O)N(CCC[Si](OCC)(OCC)OCC)C5=O)(OCC)OCC. The number of fused-ring (bicyclic) bond motifs is 2. The topological polar surface area (TPSA) is 130 Å².